The van der Waals surface area contributed by atoms with Crippen LogP contribution in [0.25, 0.3) is 0 Å². The molecule has 21 heavy (non-hydrogen) atoms. The van der Waals surface area contributed by atoms with Crippen molar-refractivity contribution in [3.8, 4) is 11.6 Å². The molecule has 112 valence electrons. The molecule has 1 N–H and O–H groups in total. The van der Waals surface area contributed by atoms with Crippen molar-refractivity contribution in [3.05, 3.63) is 41.6 Å². The second-order valence-electron chi connectivity index (χ2n) is 4.26. The summed E-state index contributed by atoms with van der Waals surface area (Å²) in [7, 11) is 1.44. The Hall–Kier alpha value is -2.31. The molecule has 0 atom stereocenters. The second-order valence-corrected chi connectivity index (χ2v) is 4.26. The summed E-state index contributed by atoms with van der Waals surface area (Å²) in [5.41, 5.74) is 0.0546. The smallest absolute Gasteiger partial charge is 0.433 e. The van der Waals surface area contributed by atoms with Crippen LogP contribution in [-0.4, -0.2) is 17.0 Å². The Labute approximate surface area is 120 Å². The largest absolute Gasteiger partial charge is 0.439 e. The average Bonchev–Trinajstić information content (AvgIpc) is 2.46. The molecule has 4 nitrogen and oxygen atoms in total. The SMILES string of the molecule is CCc1ccc(Oc2cc(C(F)(F)F)nc(NC)n2)cc1. The summed E-state index contributed by atoms with van der Waals surface area (Å²) in [5.74, 6) is 0.108. The van der Waals surface area contributed by atoms with E-state index in [0.717, 1.165) is 18.1 Å². The monoisotopic (exact) mass is 297 g/mol. The number of aryl methyl sites for hydroxylation is 1. The van der Waals surface area contributed by atoms with Crippen molar-refractivity contribution in [3.63, 3.8) is 0 Å². The Kier molecular flexibility index (Phi) is 4.30. The number of aromatic nitrogens is 2. The number of halogens is 3. The number of alkyl halides is 3. The molecular weight excluding hydrogens is 283 g/mol. The van der Waals surface area contributed by atoms with Crippen molar-refractivity contribution in [2.45, 2.75) is 19.5 Å². The van der Waals surface area contributed by atoms with Crippen LogP contribution < -0.4 is 10.1 Å². The van der Waals surface area contributed by atoms with Crippen molar-refractivity contribution >= 4 is 5.95 Å². The molecule has 0 radical (unpaired) electrons. The third-order valence-corrected chi connectivity index (χ3v) is 2.77. The molecule has 0 fully saturated rings. The van der Waals surface area contributed by atoms with Gasteiger partial charge in [-0.25, -0.2) is 4.98 Å². The normalized spacial score (nSPS) is 11.3. The summed E-state index contributed by atoms with van der Waals surface area (Å²) < 4.78 is 43.6. The highest BCUT2D eigenvalue weighted by Crippen LogP contribution is 2.31. The topological polar surface area (TPSA) is 47.0 Å². The third kappa shape index (κ3) is 3.84. The van der Waals surface area contributed by atoms with E-state index in [0.29, 0.717) is 5.75 Å². The summed E-state index contributed by atoms with van der Waals surface area (Å²) in [6.45, 7) is 2.01. The summed E-state index contributed by atoms with van der Waals surface area (Å²) in [6, 6.07) is 7.84. The predicted octanol–water partition coefficient (Wildman–Crippen LogP) is 3.89. The van der Waals surface area contributed by atoms with E-state index in [-0.39, 0.29) is 11.8 Å². The van der Waals surface area contributed by atoms with Gasteiger partial charge < -0.3 is 10.1 Å². The number of nitrogens with one attached hydrogen (secondary N) is 1. The molecule has 0 saturated carbocycles. The van der Waals surface area contributed by atoms with Crippen LogP contribution in [0.2, 0.25) is 0 Å². The van der Waals surface area contributed by atoms with Gasteiger partial charge >= 0.3 is 6.18 Å². The van der Waals surface area contributed by atoms with Gasteiger partial charge in [-0.2, -0.15) is 18.2 Å². The second kappa shape index (κ2) is 5.99. The number of anilines is 1. The summed E-state index contributed by atoms with van der Waals surface area (Å²) in [5, 5.41) is 2.48. The maximum absolute atomic E-state index is 12.7. The lowest BCUT2D eigenvalue weighted by Crippen LogP contribution is -2.11. The van der Waals surface area contributed by atoms with Crippen molar-refractivity contribution in [1.29, 1.82) is 0 Å². The lowest BCUT2D eigenvalue weighted by atomic mass is 10.2. The van der Waals surface area contributed by atoms with E-state index in [1.165, 1.54) is 7.05 Å². The molecule has 0 bridgehead atoms. The van der Waals surface area contributed by atoms with E-state index in [4.69, 9.17) is 4.74 Å². The van der Waals surface area contributed by atoms with Gasteiger partial charge in [-0.05, 0) is 24.1 Å². The summed E-state index contributed by atoms with van der Waals surface area (Å²) >= 11 is 0. The Morgan fingerprint density at radius 2 is 1.81 bits per heavy atom. The Morgan fingerprint density at radius 1 is 1.14 bits per heavy atom. The molecule has 1 heterocycles. The number of nitrogens with zero attached hydrogens (tertiary/aromatic N) is 2. The van der Waals surface area contributed by atoms with E-state index in [1.54, 1.807) is 12.1 Å². The van der Waals surface area contributed by atoms with Crippen molar-refractivity contribution < 1.29 is 17.9 Å². The van der Waals surface area contributed by atoms with E-state index < -0.39 is 11.9 Å². The number of hydrogen-bond donors (Lipinski definition) is 1. The standard InChI is InChI=1S/C14H14F3N3O/c1-3-9-4-6-10(7-5-9)21-12-8-11(14(15,16)17)19-13(18-2)20-12/h4-8H,3H2,1-2H3,(H,18,19,20). The van der Waals surface area contributed by atoms with Gasteiger partial charge in [-0.1, -0.05) is 19.1 Å². The highest BCUT2D eigenvalue weighted by molar-refractivity contribution is 5.35. The summed E-state index contributed by atoms with van der Waals surface area (Å²) in [6.07, 6.45) is -3.69. The van der Waals surface area contributed by atoms with Crippen LogP contribution in [0, 0.1) is 0 Å². The quantitative estimate of drug-likeness (QED) is 0.930. The predicted molar refractivity (Wildman–Crippen MR) is 72.5 cm³/mol. The molecule has 0 aliphatic carbocycles. The van der Waals surface area contributed by atoms with Crippen LogP contribution in [0.3, 0.4) is 0 Å². The van der Waals surface area contributed by atoms with Crippen LogP contribution in [0.5, 0.6) is 11.6 Å². The molecule has 0 aliphatic heterocycles. The zero-order chi connectivity index (χ0) is 15.5. The fourth-order valence-corrected chi connectivity index (χ4v) is 1.65. The minimum absolute atomic E-state index is 0.148. The molecular formula is C14H14F3N3O. The third-order valence-electron chi connectivity index (χ3n) is 2.77. The maximum atomic E-state index is 12.7. The van der Waals surface area contributed by atoms with Gasteiger partial charge in [0.1, 0.15) is 5.75 Å². The zero-order valence-corrected chi connectivity index (χ0v) is 11.5. The minimum Gasteiger partial charge on any atom is -0.439 e. The lowest BCUT2D eigenvalue weighted by molar-refractivity contribution is -0.141. The number of rotatable bonds is 4. The van der Waals surface area contributed by atoms with Gasteiger partial charge in [-0.3, -0.25) is 0 Å². The van der Waals surface area contributed by atoms with Gasteiger partial charge in [0.05, 0.1) is 0 Å². The Balaban J connectivity index is 2.29. The van der Waals surface area contributed by atoms with Crippen LogP contribution in [0.4, 0.5) is 19.1 Å². The fraction of sp³-hybridized carbons (Fsp3) is 0.286. The van der Waals surface area contributed by atoms with Gasteiger partial charge in [0.25, 0.3) is 0 Å². The zero-order valence-electron chi connectivity index (χ0n) is 11.5. The highest BCUT2D eigenvalue weighted by Gasteiger charge is 2.34. The van der Waals surface area contributed by atoms with Gasteiger partial charge in [0.2, 0.25) is 11.8 Å². The lowest BCUT2D eigenvalue weighted by Gasteiger charge is -2.11. The average molecular weight is 297 g/mol. The van der Waals surface area contributed by atoms with E-state index in [1.807, 2.05) is 19.1 Å². The van der Waals surface area contributed by atoms with Crippen LogP contribution in [-0.2, 0) is 12.6 Å². The minimum atomic E-state index is -4.56. The van der Waals surface area contributed by atoms with E-state index >= 15 is 0 Å². The number of ether oxygens (including phenoxy) is 1. The molecule has 1 aromatic heterocycles. The molecule has 0 saturated heterocycles. The molecule has 7 heteroatoms. The van der Waals surface area contributed by atoms with E-state index in [2.05, 4.69) is 15.3 Å². The molecule has 1 aromatic carbocycles. The van der Waals surface area contributed by atoms with Crippen LogP contribution in [0.15, 0.2) is 30.3 Å². The van der Waals surface area contributed by atoms with Gasteiger partial charge in [0, 0.05) is 13.1 Å². The first-order chi connectivity index (χ1) is 9.92. The maximum Gasteiger partial charge on any atom is 0.433 e. The molecule has 0 spiro atoms. The molecule has 2 rings (SSSR count). The highest BCUT2D eigenvalue weighted by atomic mass is 19.4. The first kappa shape index (κ1) is 15.1. The van der Waals surface area contributed by atoms with Crippen LogP contribution in [0.1, 0.15) is 18.2 Å². The van der Waals surface area contributed by atoms with Crippen molar-refractivity contribution in [2.75, 3.05) is 12.4 Å². The Morgan fingerprint density at radius 3 is 2.33 bits per heavy atom. The molecule has 0 amide bonds. The fourth-order valence-electron chi connectivity index (χ4n) is 1.65. The van der Waals surface area contributed by atoms with Gasteiger partial charge in [0.15, 0.2) is 5.69 Å². The van der Waals surface area contributed by atoms with Gasteiger partial charge in [-0.15, -0.1) is 0 Å². The summed E-state index contributed by atoms with van der Waals surface area (Å²) in [4.78, 5) is 7.22. The van der Waals surface area contributed by atoms with Crippen molar-refractivity contribution in [2.24, 2.45) is 0 Å². The first-order valence-corrected chi connectivity index (χ1v) is 6.33. The first-order valence-electron chi connectivity index (χ1n) is 6.33. The molecule has 0 aliphatic rings. The van der Waals surface area contributed by atoms with E-state index in [9.17, 15) is 13.2 Å². The Bertz CT molecular complexity index is 612. The number of benzene rings is 1. The van der Waals surface area contributed by atoms with Crippen LogP contribution >= 0.6 is 0 Å². The number of hydrogen-bond acceptors (Lipinski definition) is 4. The molecule has 0 unspecified atom stereocenters. The molecule has 2 aromatic rings. The van der Waals surface area contributed by atoms with Crippen molar-refractivity contribution in [1.82, 2.24) is 9.97 Å².